The van der Waals surface area contributed by atoms with Crippen molar-refractivity contribution in [1.29, 1.82) is 0 Å². The van der Waals surface area contributed by atoms with E-state index in [1.54, 1.807) is 0 Å². The zero-order valence-electron chi connectivity index (χ0n) is 9.75. The largest absolute Gasteiger partial charge is 0.397 e. The number of rotatable bonds is 0. The number of hydrogen-bond donors (Lipinski definition) is 2. The van der Waals surface area contributed by atoms with E-state index >= 15 is 0 Å². The zero-order chi connectivity index (χ0) is 12.0. The van der Waals surface area contributed by atoms with Crippen molar-refractivity contribution in [3.05, 3.63) is 59.7 Å². The van der Waals surface area contributed by atoms with Crippen molar-refractivity contribution in [1.82, 2.24) is 0 Å². The van der Waals surface area contributed by atoms with E-state index in [1.807, 2.05) is 30.3 Å². The van der Waals surface area contributed by atoms with Crippen molar-refractivity contribution >= 4 is 22.6 Å². The molecule has 2 aromatic carbocycles. The van der Waals surface area contributed by atoms with E-state index in [0.717, 1.165) is 33.8 Å². The summed E-state index contributed by atoms with van der Waals surface area (Å²) in [5, 5.41) is 3.39. The van der Waals surface area contributed by atoms with Crippen LogP contribution in [-0.2, 0) is 0 Å². The maximum absolute atomic E-state index is 6.03. The van der Waals surface area contributed by atoms with Gasteiger partial charge in [0, 0.05) is 16.8 Å². The number of anilines is 3. The van der Waals surface area contributed by atoms with Crippen molar-refractivity contribution in [3.63, 3.8) is 0 Å². The monoisotopic (exact) mass is 222 g/mol. The summed E-state index contributed by atoms with van der Waals surface area (Å²) >= 11 is 0. The smallest absolute Gasteiger partial charge is 0.0700 e. The minimum Gasteiger partial charge on any atom is -0.397 e. The molecule has 1 aliphatic rings. The van der Waals surface area contributed by atoms with Gasteiger partial charge in [0.1, 0.15) is 0 Å². The standard InChI is InChI=1S/C15H14N2/c1-9-7-8-12(16)15-14(9)10(2)11-5-3-4-6-13(11)17-15/h3-8,17H,2,16H2,1H3. The van der Waals surface area contributed by atoms with E-state index < -0.39 is 0 Å². The Morgan fingerprint density at radius 2 is 1.88 bits per heavy atom. The third-order valence-corrected chi connectivity index (χ3v) is 3.26. The van der Waals surface area contributed by atoms with Crippen LogP contribution in [0.2, 0.25) is 0 Å². The van der Waals surface area contributed by atoms with Gasteiger partial charge in [0.05, 0.1) is 11.4 Å². The Kier molecular flexibility index (Phi) is 1.99. The van der Waals surface area contributed by atoms with Crippen LogP contribution in [0.5, 0.6) is 0 Å². The molecule has 84 valence electrons. The molecular weight excluding hydrogens is 208 g/mol. The molecule has 2 aromatic rings. The normalized spacial score (nSPS) is 12.6. The fourth-order valence-corrected chi connectivity index (χ4v) is 2.37. The molecule has 0 saturated carbocycles. The Balaban J connectivity index is 2.30. The van der Waals surface area contributed by atoms with Crippen LogP contribution >= 0.6 is 0 Å². The topological polar surface area (TPSA) is 38.0 Å². The zero-order valence-corrected chi connectivity index (χ0v) is 9.75. The molecule has 0 spiro atoms. The molecule has 0 bridgehead atoms. The van der Waals surface area contributed by atoms with E-state index in [0.29, 0.717) is 0 Å². The second-order valence-electron chi connectivity index (χ2n) is 4.37. The van der Waals surface area contributed by atoms with Crippen LogP contribution in [0.3, 0.4) is 0 Å². The molecule has 1 aliphatic heterocycles. The third kappa shape index (κ3) is 1.34. The summed E-state index contributed by atoms with van der Waals surface area (Å²) in [7, 11) is 0. The third-order valence-electron chi connectivity index (χ3n) is 3.26. The molecule has 0 atom stereocenters. The van der Waals surface area contributed by atoms with Crippen molar-refractivity contribution in [2.24, 2.45) is 0 Å². The Morgan fingerprint density at radius 3 is 2.71 bits per heavy atom. The number of nitrogens with one attached hydrogen (secondary N) is 1. The van der Waals surface area contributed by atoms with Crippen molar-refractivity contribution in [3.8, 4) is 0 Å². The molecule has 0 aliphatic carbocycles. The van der Waals surface area contributed by atoms with Crippen molar-refractivity contribution < 1.29 is 0 Å². The highest BCUT2D eigenvalue weighted by Gasteiger charge is 2.21. The van der Waals surface area contributed by atoms with Crippen LogP contribution in [0.1, 0.15) is 16.7 Å². The van der Waals surface area contributed by atoms with E-state index in [9.17, 15) is 0 Å². The molecule has 0 saturated heterocycles. The maximum atomic E-state index is 6.03. The van der Waals surface area contributed by atoms with Gasteiger partial charge in [-0.15, -0.1) is 0 Å². The van der Waals surface area contributed by atoms with Crippen LogP contribution in [0.15, 0.2) is 43.0 Å². The highest BCUT2D eigenvalue weighted by Crippen LogP contribution is 2.43. The average Bonchev–Trinajstić information content (AvgIpc) is 2.34. The Labute approximate surface area is 101 Å². The molecule has 0 aromatic heterocycles. The lowest BCUT2D eigenvalue weighted by molar-refractivity contribution is 1.37. The number of fused-ring (bicyclic) bond motifs is 2. The molecule has 0 unspecified atom stereocenters. The fourth-order valence-electron chi connectivity index (χ4n) is 2.37. The molecule has 2 nitrogen and oxygen atoms in total. The van der Waals surface area contributed by atoms with Gasteiger partial charge in [0.2, 0.25) is 0 Å². The van der Waals surface area contributed by atoms with Crippen LogP contribution in [0, 0.1) is 6.92 Å². The van der Waals surface area contributed by atoms with Gasteiger partial charge in [-0.1, -0.05) is 30.8 Å². The molecular formula is C15H14N2. The van der Waals surface area contributed by atoms with Gasteiger partial charge >= 0.3 is 0 Å². The number of para-hydroxylation sites is 1. The second-order valence-corrected chi connectivity index (χ2v) is 4.37. The molecule has 1 heterocycles. The van der Waals surface area contributed by atoms with Crippen LogP contribution in [0.4, 0.5) is 17.1 Å². The van der Waals surface area contributed by atoms with E-state index in [-0.39, 0.29) is 0 Å². The molecule has 17 heavy (non-hydrogen) atoms. The average molecular weight is 222 g/mol. The Morgan fingerprint density at radius 1 is 1.12 bits per heavy atom. The molecule has 0 amide bonds. The first kappa shape index (κ1) is 9.97. The van der Waals surface area contributed by atoms with Gasteiger partial charge in [0.15, 0.2) is 0 Å². The summed E-state index contributed by atoms with van der Waals surface area (Å²) in [5.74, 6) is 0. The van der Waals surface area contributed by atoms with Gasteiger partial charge in [-0.2, -0.15) is 0 Å². The summed E-state index contributed by atoms with van der Waals surface area (Å²) in [4.78, 5) is 0. The molecule has 3 rings (SSSR count). The predicted molar refractivity (Wildman–Crippen MR) is 73.5 cm³/mol. The van der Waals surface area contributed by atoms with Crippen LogP contribution in [-0.4, -0.2) is 0 Å². The second kappa shape index (κ2) is 3.39. The number of benzene rings is 2. The summed E-state index contributed by atoms with van der Waals surface area (Å²) < 4.78 is 0. The first-order valence-corrected chi connectivity index (χ1v) is 5.63. The summed E-state index contributed by atoms with van der Waals surface area (Å²) in [6, 6.07) is 12.1. The van der Waals surface area contributed by atoms with Gasteiger partial charge in [-0.3, -0.25) is 0 Å². The Bertz CT molecular complexity index is 627. The van der Waals surface area contributed by atoms with Crippen molar-refractivity contribution in [2.45, 2.75) is 6.92 Å². The number of hydrogen-bond acceptors (Lipinski definition) is 2. The van der Waals surface area contributed by atoms with E-state index in [1.165, 1.54) is 5.56 Å². The minimum atomic E-state index is 0.765. The molecule has 0 radical (unpaired) electrons. The highest BCUT2D eigenvalue weighted by molar-refractivity contribution is 6.00. The highest BCUT2D eigenvalue weighted by atomic mass is 14.9. The van der Waals surface area contributed by atoms with Crippen LogP contribution in [0.25, 0.3) is 5.57 Å². The maximum Gasteiger partial charge on any atom is 0.0700 e. The lowest BCUT2D eigenvalue weighted by Gasteiger charge is -2.26. The number of nitrogens with two attached hydrogens (primary N) is 1. The van der Waals surface area contributed by atoms with Gasteiger partial charge in [0.25, 0.3) is 0 Å². The van der Waals surface area contributed by atoms with Crippen molar-refractivity contribution in [2.75, 3.05) is 11.1 Å². The molecule has 0 fully saturated rings. The quantitative estimate of drug-likeness (QED) is 0.569. The Hall–Kier alpha value is -2.22. The SMILES string of the molecule is C=C1c2ccccc2Nc2c(N)ccc(C)c21. The first-order chi connectivity index (χ1) is 8.18. The first-order valence-electron chi connectivity index (χ1n) is 5.63. The summed E-state index contributed by atoms with van der Waals surface area (Å²) in [5.41, 5.74) is 13.4. The minimum absolute atomic E-state index is 0.765. The van der Waals surface area contributed by atoms with E-state index in [2.05, 4.69) is 24.9 Å². The van der Waals surface area contributed by atoms with Gasteiger partial charge < -0.3 is 11.1 Å². The molecule has 3 N–H and O–H groups in total. The lowest BCUT2D eigenvalue weighted by Crippen LogP contribution is -2.09. The summed E-state index contributed by atoms with van der Waals surface area (Å²) in [6.45, 7) is 6.29. The number of nitrogen functional groups attached to an aromatic ring is 1. The molecule has 2 heteroatoms. The van der Waals surface area contributed by atoms with E-state index in [4.69, 9.17) is 5.73 Å². The summed E-state index contributed by atoms with van der Waals surface area (Å²) in [6.07, 6.45) is 0. The van der Waals surface area contributed by atoms with Gasteiger partial charge in [-0.05, 0) is 30.2 Å². The van der Waals surface area contributed by atoms with Crippen LogP contribution < -0.4 is 11.1 Å². The fraction of sp³-hybridized carbons (Fsp3) is 0.0667. The van der Waals surface area contributed by atoms with Gasteiger partial charge in [-0.25, -0.2) is 0 Å². The lowest BCUT2D eigenvalue weighted by atomic mass is 9.89. The predicted octanol–water partition coefficient (Wildman–Crippen LogP) is 3.70. The number of aryl methyl sites for hydroxylation is 1.